The van der Waals surface area contributed by atoms with Gasteiger partial charge >= 0.3 is 0 Å². The number of aromatic nitrogens is 3. The van der Waals surface area contributed by atoms with Gasteiger partial charge in [0.15, 0.2) is 5.65 Å². The maximum atomic E-state index is 12.2. The van der Waals surface area contributed by atoms with E-state index in [0.29, 0.717) is 11.6 Å². The van der Waals surface area contributed by atoms with Crippen LogP contribution in [0.4, 0.5) is 0 Å². The van der Waals surface area contributed by atoms with Gasteiger partial charge in [0.05, 0.1) is 30.9 Å². The zero-order chi connectivity index (χ0) is 19.8. The SMILES string of the molecule is COc1ccc(-c2cnc3cnc(-c4ccc(C(=O)NC5CC5)cc4)cn23)cc1. The van der Waals surface area contributed by atoms with Crippen molar-refractivity contribution in [3.63, 3.8) is 0 Å². The van der Waals surface area contributed by atoms with Gasteiger partial charge in [-0.15, -0.1) is 0 Å². The monoisotopic (exact) mass is 384 g/mol. The van der Waals surface area contributed by atoms with Crippen LogP contribution in [0.2, 0.25) is 0 Å². The molecular weight excluding hydrogens is 364 g/mol. The van der Waals surface area contributed by atoms with E-state index in [-0.39, 0.29) is 5.91 Å². The van der Waals surface area contributed by atoms with Crippen molar-refractivity contribution in [3.8, 4) is 28.3 Å². The van der Waals surface area contributed by atoms with Crippen LogP contribution in [0.5, 0.6) is 5.75 Å². The van der Waals surface area contributed by atoms with Gasteiger partial charge in [-0.1, -0.05) is 12.1 Å². The third-order valence-corrected chi connectivity index (χ3v) is 5.14. The summed E-state index contributed by atoms with van der Waals surface area (Å²) in [5.74, 6) is 0.801. The molecule has 1 aliphatic rings. The number of nitrogens with zero attached hydrogens (tertiary/aromatic N) is 3. The van der Waals surface area contributed by atoms with Gasteiger partial charge in [0.25, 0.3) is 5.91 Å². The molecule has 2 aromatic carbocycles. The van der Waals surface area contributed by atoms with Crippen LogP contribution in [-0.4, -0.2) is 33.4 Å². The average Bonchev–Trinajstić information content (AvgIpc) is 3.49. The summed E-state index contributed by atoms with van der Waals surface area (Å²) in [6.07, 6.45) is 7.73. The van der Waals surface area contributed by atoms with Gasteiger partial charge in [0, 0.05) is 28.9 Å². The Labute approximate surface area is 168 Å². The number of ether oxygens (including phenoxy) is 1. The fourth-order valence-electron chi connectivity index (χ4n) is 3.30. The summed E-state index contributed by atoms with van der Waals surface area (Å²) >= 11 is 0. The standard InChI is InChI=1S/C23H20N4O2/c1-29-19-10-6-16(7-11-19)21-12-25-22-13-24-20(14-27(21)22)15-2-4-17(5-3-15)23(28)26-18-8-9-18/h2-7,10-14,18H,8-9H2,1H3,(H,26,28). The zero-order valence-electron chi connectivity index (χ0n) is 16.0. The number of carbonyl (C=O) groups excluding carboxylic acids is 1. The highest BCUT2D eigenvalue weighted by Gasteiger charge is 2.23. The summed E-state index contributed by atoms with van der Waals surface area (Å²) in [6, 6.07) is 15.8. The van der Waals surface area contributed by atoms with Crippen LogP contribution in [0.1, 0.15) is 23.2 Å². The molecule has 1 N–H and O–H groups in total. The molecule has 0 aliphatic heterocycles. The Hall–Kier alpha value is -3.67. The highest BCUT2D eigenvalue weighted by molar-refractivity contribution is 5.95. The second kappa shape index (κ2) is 7.05. The van der Waals surface area contributed by atoms with E-state index in [1.807, 2.05) is 65.3 Å². The van der Waals surface area contributed by atoms with E-state index in [1.165, 1.54) is 0 Å². The molecule has 0 unspecified atom stereocenters. The molecule has 1 amide bonds. The van der Waals surface area contributed by atoms with Crippen LogP contribution in [-0.2, 0) is 0 Å². The number of benzene rings is 2. The Balaban J connectivity index is 1.46. The molecule has 4 aromatic rings. The van der Waals surface area contributed by atoms with Gasteiger partial charge in [-0.05, 0) is 49.2 Å². The minimum atomic E-state index is -0.0149. The zero-order valence-corrected chi connectivity index (χ0v) is 16.0. The molecule has 1 saturated carbocycles. The Morgan fingerprint density at radius 3 is 2.41 bits per heavy atom. The number of rotatable bonds is 5. The average molecular weight is 384 g/mol. The summed E-state index contributed by atoms with van der Waals surface area (Å²) in [5, 5.41) is 3.01. The lowest BCUT2D eigenvalue weighted by molar-refractivity contribution is 0.0951. The molecule has 0 saturated heterocycles. The second-order valence-corrected chi connectivity index (χ2v) is 7.20. The lowest BCUT2D eigenvalue weighted by atomic mass is 10.1. The molecule has 29 heavy (non-hydrogen) atoms. The van der Waals surface area contributed by atoms with E-state index in [1.54, 1.807) is 13.3 Å². The van der Waals surface area contributed by atoms with Crippen LogP contribution in [0.15, 0.2) is 67.1 Å². The number of fused-ring (bicyclic) bond motifs is 1. The fraction of sp³-hybridized carbons (Fsp3) is 0.174. The number of hydrogen-bond donors (Lipinski definition) is 1. The molecule has 6 heteroatoms. The van der Waals surface area contributed by atoms with Crippen LogP contribution in [0.25, 0.3) is 28.2 Å². The van der Waals surface area contributed by atoms with Gasteiger partial charge in [-0.2, -0.15) is 0 Å². The molecule has 2 aromatic heterocycles. The first-order valence-electron chi connectivity index (χ1n) is 9.60. The van der Waals surface area contributed by atoms with Gasteiger partial charge in [-0.3, -0.25) is 14.2 Å². The van der Waals surface area contributed by atoms with E-state index in [4.69, 9.17) is 4.74 Å². The van der Waals surface area contributed by atoms with E-state index in [2.05, 4.69) is 15.3 Å². The Morgan fingerprint density at radius 1 is 1.00 bits per heavy atom. The molecule has 1 aliphatic carbocycles. The number of carbonyl (C=O) groups is 1. The fourth-order valence-corrected chi connectivity index (χ4v) is 3.30. The predicted molar refractivity (Wildman–Crippen MR) is 111 cm³/mol. The smallest absolute Gasteiger partial charge is 0.251 e. The third kappa shape index (κ3) is 3.45. The molecule has 1 fully saturated rings. The molecule has 6 nitrogen and oxygen atoms in total. The molecule has 0 bridgehead atoms. The van der Waals surface area contributed by atoms with Crippen molar-refractivity contribution in [1.29, 1.82) is 0 Å². The number of nitrogens with one attached hydrogen (secondary N) is 1. The Bertz CT molecular complexity index is 1180. The van der Waals surface area contributed by atoms with Crippen LogP contribution in [0, 0.1) is 0 Å². The predicted octanol–water partition coefficient (Wildman–Crippen LogP) is 3.96. The molecule has 144 valence electrons. The normalized spacial score (nSPS) is 13.4. The number of amides is 1. The summed E-state index contributed by atoms with van der Waals surface area (Å²) in [5.41, 5.74) is 5.24. The largest absolute Gasteiger partial charge is 0.497 e. The van der Waals surface area contributed by atoms with Gasteiger partial charge in [-0.25, -0.2) is 4.98 Å². The third-order valence-electron chi connectivity index (χ3n) is 5.14. The first-order chi connectivity index (χ1) is 14.2. The van der Waals surface area contributed by atoms with Crippen LogP contribution >= 0.6 is 0 Å². The van der Waals surface area contributed by atoms with Crippen molar-refractivity contribution >= 4 is 11.6 Å². The second-order valence-electron chi connectivity index (χ2n) is 7.20. The van der Waals surface area contributed by atoms with Gasteiger partial charge in [0.1, 0.15) is 5.75 Å². The maximum absolute atomic E-state index is 12.2. The first-order valence-corrected chi connectivity index (χ1v) is 9.60. The molecular formula is C23H20N4O2. The molecule has 0 spiro atoms. The van der Waals surface area contributed by atoms with E-state index in [0.717, 1.165) is 46.8 Å². The van der Waals surface area contributed by atoms with Crippen molar-refractivity contribution < 1.29 is 9.53 Å². The summed E-state index contributed by atoms with van der Waals surface area (Å²) in [6.45, 7) is 0. The van der Waals surface area contributed by atoms with Gasteiger partial charge < -0.3 is 10.1 Å². The maximum Gasteiger partial charge on any atom is 0.251 e. The Morgan fingerprint density at radius 2 is 1.72 bits per heavy atom. The summed E-state index contributed by atoms with van der Waals surface area (Å²) in [7, 11) is 1.65. The first kappa shape index (κ1) is 17.4. The van der Waals surface area contributed by atoms with Crippen molar-refractivity contribution in [2.45, 2.75) is 18.9 Å². The van der Waals surface area contributed by atoms with E-state index >= 15 is 0 Å². The number of methoxy groups -OCH3 is 1. The van der Waals surface area contributed by atoms with E-state index < -0.39 is 0 Å². The van der Waals surface area contributed by atoms with Gasteiger partial charge in [0.2, 0.25) is 0 Å². The minimum Gasteiger partial charge on any atom is -0.497 e. The number of hydrogen-bond acceptors (Lipinski definition) is 4. The lowest BCUT2D eigenvalue weighted by Gasteiger charge is -2.07. The molecule has 0 radical (unpaired) electrons. The summed E-state index contributed by atoms with van der Waals surface area (Å²) < 4.78 is 7.27. The van der Waals surface area contributed by atoms with Crippen LogP contribution < -0.4 is 10.1 Å². The molecule has 5 rings (SSSR count). The summed E-state index contributed by atoms with van der Waals surface area (Å²) in [4.78, 5) is 21.2. The highest BCUT2D eigenvalue weighted by Crippen LogP contribution is 2.26. The highest BCUT2D eigenvalue weighted by atomic mass is 16.5. The quantitative estimate of drug-likeness (QED) is 0.565. The lowest BCUT2D eigenvalue weighted by Crippen LogP contribution is -2.25. The van der Waals surface area contributed by atoms with Crippen molar-refractivity contribution in [2.75, 3.05) is 7.11 Å². The van der Waals surface area contributed by atoms with Crippen molar-refractivity contribution in [3.05, 3.63) is 72.7 Å². The molecule has 2 heterocycles. The Kier molecular flexibility index (Phi) is 4.24. The van der Waals surface area contributed by atoms with E-state index in [9.17, 15) is 4.79 Å². The van der Waals surface area contributed by atoms with Crippen LogP contribution in [0.3, 0.4) is 0 Å². The minimum absolute atomic E-state index is 0.0149. The topological polar surface area (TPSA) is 68.5 Å². The molecule has 0 atom stereocenters. The number of imidazole rings is 1. The van der Waals surface area contributed by atoms with Crippen molar-refractivity contribution in [2.24, 2.45) is 0 Å². The van der Waals surface area contributed by atoms with Crippen molar-refractivity contribution in [1.82, 2.24) is 19.7 Å².